The Labute approximate surface area is 89.5 Å². The highest BCUT2D eigenvalue weighted by molar-refractivity contribution is 7.85. The number of rotatable bonds is 2. The number of ether oxygens (including phenoxy) is 1. The van der Waals surface area contributed by atoms with Crippen molar-refractivity contribution in [3.8, 4) is 0 Å². The van der Waals surface area contributed by atoms with Crippen molar-refractivity contribution in [3.05, 3.63) is 0 Å². The van der Waals surface area contributed by atoms with Gasteiger partial charge in [-0.3, -0.25) is 9.35 Å². The van der Waals surface area contributed by atoms with E-state index in [9.17, 15) is 13.2 Å². The van der Waals surface area contributed by atoms with Crippen molar-refractivity contribution in [3.63, 3.8) is 0 Å². The summed E-state index contributed by atoms with van der Waals surface area (Å²) in [6, 6.07) is 0. The minimum absolute atomic E-state index is 0.0104. The molecule has 15 heavy (non-hydrogen) atoms. The fourth-order valence-electron chi connectivity index (χ4n) is 1.24. The first-order valence-corrected chi connectivity index (χ1v) is 6.49. The minimum atomic E-state index is -3.67. The molecule has 0 unspecified atom stereocenters. The van der Waals surface area contributed by atoms with Crippen LogP contribution in [0.15, 0.2) is 0 Å². The zero-order valence-corrected chi connectivity index (χ0v) is 9.50. The molecule has 7 heteroatoms. The molecule has 0 spiro atoms. The third-order valence-corrected chi connectivity index (χ3v) is 1.77. The molecule has 3 N–H and O–H groups in total. The molecule has 1 rings (SSSR count). The van der Waals surface area contributed by atoms with Crippen LogP contribution in [0.1, 0.15) is 25.7 Å². The number of esters is 1. The predicted octanol–water partition coefficient (Wildman–Crippen LogP) is -0.0651. The zero-order valence-electron chi connectivity index (χ0n) is 8.68. The summed E-state index contributed by atoms with van der Waals surface area (Å²) in [7, 11) is -3.67. The van der Waals surface area contributed by atoms with Crippen molar-refractivity contribution in [2.24, 2.45) is 5.73 Å². The molecule has 0 atom stereocenters. The summed E-state index contributed by atoms with van der Waals surface area (Å²) in [6.45, 7) is 0.0104. The van der Waals surface area contributed by atoms with Gasteiger partial charge in [0.25, 0.3) is 10.1 Å². The lowest BCUT2D eigenvalue weighted by Gasteiger charge is -2.08. The molecule has 90 valence electrons. The van der Waals surface area contributed by atoms with Gasteiger partial charge in [-0.05, 0) is 25.7 Å². The second-order valence-corrected chi connectivity index (χ2v) is 4.80. The predicted molar refractivity (Wildman–Crippen MR) is 54.9 cm³/mol. The van der Waals surface area contributed by atoms with Crippen molar-refractivity contribution >= 4 is 16.1 Å². The highest BCUT2D eigenvalue weighted by Gasteiger charge is 2.17. The Morgan fingerprint density at radius 3 is 2.20 bits per heavy atom. The monoisotopic (exact) mass is 239 g/mol. The maximum atomic E-state index is 10.6. The maximum absolute atomic E-state index is 10.6. The molecule has 0 aromatic carbocycles. The van der Waals surface area contributed by atoms with Crippen LogP contribution in [0.5, 0.6) is 0 Å². The van der Waals surface area contributed by atoms with Crippen molar-refractivity contribution in [2.75, 3.05) is 12.8 Å². The van der Waals surface area contributed by atoms with E-state index in [2.05, 4.69) is 0 Å². The first kappa shape index (κ1) is 14.3. The van der Waals surface area contributed by atoms with Gasteiger partial charge >= 0.3 is 5.97 Å². The van der Waals surface area contributed by atoms with E-state index in [1.807, 2.05) is 0 Å². The van der Waals surface area contributed by atoms with Gasteiger partial charge in [0, 0.05) is 0 Å². The lowest BCUT2D eigenvalue weighted by Crippen LogP contribution is -2.21. The van der Waals surface area contributed by atoms with E-state index in [4.69, 9.17) is 15.0 Å². The Hall–Kier alpha value is -0.660. The van der Waals surface area contributed by atoms with Crippen molar-refractivity contribution in [1.82, 2.24) is 0 Å². The van der Waals surface area contributed by atoms with Gasteiger partial charge in [0.1, 0.15) is 6.10 Å². The average Bonchev–Trinajstić information content (AvgIpc) is 2.53. The summed E-state index contributed by atoms with van der Waals surface area (Å²) in [5, 5.41) is 0. The highest BCUT2D eigenvalue weighted by Crippen LogP contribution is 2.20. The van der Waals surface area contributed by atoms with Gasteiger partial charge in [-0.15, -0.1) is 0 Å². The van der Waals surface area contributed by atoms with Gasteiger partial charge in [-0.2, -0.15) is 8.42 Å². The third kappa shape index (κ3) is 11.3. The van der Waals surface area contributed by atoms with Crippen LogP contribution in [0.25, 0.3) is 0 Å². The van der Waals surface area contributed by atoms with E-state index < -0.39 is 10.1 Å². The SMILES string of the molecule is CS(=O)(=O)O.NCC(=O)OC1CCCC1. The second kappa shape index (κ2) is 6.76. The summed E-state index contributed by atoms with van der Waals surface area (Å²) in [5.41, 5.74) is 5.08. The third-order valence-electron chi connectivity index (χ3n) is 1.77. The first-order chi connectivity index (χ1) is 6.83. The van der Waals surface area contributed by atoms with Crippen LogP contribution in [0, 0.1) is 0 Å². The summed E-state index contributed by atoms with van der Waals surface area (Å²) >= 11 is 0. The summed E-state index contributed by atoms with van der Waals surface area (Å²) in [6.07, 6.45) is 5.28. The second-order valence-electron chi connectivity index (χ2n) is 3.33. The van der Waals surface area contributed by atoms with Crippen molar-refractivity contribution < 1.29 is 22.5 Å². The van der Waals surface area contributed by atoms with Crippen LogP contribution in [-0.4, -0.2) is 37.8 Å². The van der Waals surface area contributed by atoms with E-state index in [1.54, 1.807) is 0 Å². The molecule has 1 fully saturated rings. The van der Waals surface area contributed by atoms with E-state index in [1.165, 1.54) is 12.8 Å². The first-order valence-electron chi connectivity index (χ1n) is 4.65. The molecule has 0 aromatic heterocycles. The lowest BCUT2D eigenvalue weighted by molar-refractivity contribution is -0.146. The Kier molecular flexibility index (Phi) is 6.46. The molecule has 1 aliphatic rings. The minimum Gasteiger partial charge on any atom is -0.461 e. The van der Waals surface area contributed by atoms with E-state index >= 15 is 0 Å². The highest BCUT2D eigenvalue weighted by atomic mass is 32.2. The fraction of sp³-hybridized carbons (Fsp3) is 0.875. The number of carbonyl (C=O) groups excluding carboxylic acids is 1. The largest absolute Gasteiger partial charge is 0.461 e. The topological polar surface area (TPSA) is 107 Å². The van der Waals surface area contributed by atoms with Gasteiger partial charge in [0.2, 0.25) is 0 Å². The number of hydrogen-bond acceptors (Lipinski definition) is 5. The lowest BCUT2D eigenvalue weighted by atomic mass is 10.3. The molecule has 0 aliphatic heterocycles. The Balaban J connectivity index is 0.000000336. The average molecular weight is 239 g/mol. The van der Waals surface area contributed by atoms with Gasteiger partial charge in [-0.25, -0.2) is 0 Å². The molecule has 0 saturated heterocycles. The van der Waals surface area contributed by atoms with E-state index in [-0.39, 0.29) is 18.6 Å². The van der Waals surface area contributed by atoms with Crippen molar-refractivity contribution in [2.45, 2.75) is 31.8 Å². The Morgan fingerprint density at radius 1 is 1.47 bits per heavy atom. The van der Waals surface area contributed by atoms with Gasteiger partial charge in [0.15, 0.2) is 0 Å². The molecule has 0 amide bonds. The number of carbonyl (C=O) groups is 1. The normalized spacial score (nSPS) is 16.7. The maximum Gasteiger partial charge on any atom is 0.319 e. The van der Waals surface area contributed by atoms with E-state index in [0.29, 0.717) is 6.26 Å². The molecular formula is C8H17NO5S. The van der Waals surface area contributed by atoms with Gasteiger partial charge < -0.3 is 10.5 Å². The molecule has 0 radical (unpaired) electrons. The van der Waals surface area contributed by atoms with Crippen molar-refractivity contribution in [1.29, 1.82) is 0 Å². The van der Waals surface area contributed by atoms with Crippen LogP contribution in [0.3, 0.4) is 0 Å². The van der Waals surface area contributed by atoms with Crippen LogP contribution in [0.2, 0.25) is 0 Å². The van der Waals surface area contributed by atoms with E-state index in [0.717, 1.165) is 12.8 Å². The molecular weight excluding hydrogens is 222 g/mol. The number of nitrogens with two attached hydrogens (primary N) is 1. The molecule has 0 bridgehead atoms. The fourth-order valence-corrected chi connectivity index (χ4v) is 1.24. The molecule has 6 nitrogen and oxygen atoms in total. The molecule has 0 aromatic rings. The van der Waals surface area contributed by atoms with Crippen LogP contribution >= 0.6 is 0 Å². The van der Waals surface area contributed by atoms with Crippen LogP contribution in [-0.2, 0) is 19.6 Å². The van der Waals surface area contributed by atoms with Crippen LogP contribution in [0.4, 0.5) is 0 Å². The van der Waals surface area contributed by atoms with Crippen LogP contribution < -0.4 is 5.73 Å². The Bertz CT molecular complexity index is 273. The molecule has 1 saturated carbocycles. The summed E-state index contributed by atoms with van der Waals surface area (Å²) in [5.74, 6) is -0.271. The molecule has 1 aliphatic carbocycles. The summed E-state index contributed by atoms with van der Waals surface area (Å²) in [4.78, 5) is 10.6. The molecule has 0 heterocycles. The van der Waals surface area contributed by atoms with Gasteiger partial charge in [0.05, 0.1) is 12.8 Å². The smallest absolute Gasteiger partial charge is 0.319 e. The zero-order chi connectivity index (χ0) is 11.9. The Morgan fingerprint density at radius 2 is 1.87 bits per heavy atom. The number of hydrogen-bond donors (Lipinski definition) is 2. The van der Waals surface area contributed by atoms with Gasteiger partial charge in [-0.1, -0.05) is 0 Å². The standard InChI is InChI=1S/C7H13NO2.CH4O3S/c8-5-7(9)10-6-3-1-2-4-6;1-5(2,3)4/h6H,1-5,8H2;1H3,(H,2,3,4). The summed E-state index contributed by atoms with van der Waals surface area (Å²) < 4.78 is 30.9. The quantitative estimate of drug-likeness (QED) is 0.516.